The van der Waals surface area contributed by atoms with Crippen molar-refractivity contribution in [1.82, 2.24) is 5.32 Å². The van der Waals surface area contributed by atoms with E-state index in [9.17, 15) is 9.59 Å². The second-order valence-electron chi connectivity index (χ2n) is 5.61. The Labute approximate surface area is 128 Å². The molecular weight excluding hydrogens is 288 g/mol. The fraction of sp³-hybridized carbons (Fsp3) is 0.438. The Balaban J connectivity index is 1.74. The number of nitrogens with one attached hydrogen (secondary N) is 1. The molecule has 1 aromatic rings. The number of amides is 1. The molecule has 0 bridgehead atoms. The predicted octanol–water partition coefficient (Wildman–Crippen LogP) is 2.79. The van der Waals surface area contributed by atoms with Crippen molar-refractivity contribution in [2.45, 2.75) is 44.2 Å². The van der Waals surface area contributed by atoms with E-state index in [2.05, 4.69) is 10.3 Å². The Kier molecular flexibility index (Phi) is 4.06. The van der Waals surface area contributed by atoms with Gasteiger partial charge in [0.05, 0.1) is 18.5 Å². The lowest BCUT2D eigenvalue weighted by Crippen LogP contribution is -2.51. The molecule has 110 valence electrons. The zero-order valence-corrected chi connectivity index (χ0v) is 12.4. The van der Waals surface area contributed by atoms with Crippen LogP contribution in [0.1, 0.15) is 42.5 Å². The quantitative estimate of drug-likeness (QED) is 0.873. The number of benzene rings is 1. The van der Waals surface area contributed by atoms with Crippen molar-refractivity contribution in [3.63, 3.8) is 0 Å². The maximum absolute atomic E-state index is 12.2. The molecule has 1 aliphatic heterocycles. The van der Waals surface area contributed by atoms with Gasteiger partial charge < -0.3 is 5.32 Å². The second-order valence-corrected chi connectivity index (χ2v) is 6.05. The summed E-state index contributed by atoms with van der Waals surface area (Å²) in [4.78, 5) is 28.8. The number of fused-ring (bicyclic) bond motifs is 1. The molecule has 0 spiro atoms. The van der Waals surface area contributed by atoms with E-state index in [1.165, 1.54) is 0 Å². The highest BCUT2D eigenvalue weighted by atomic mass is 35.5. The Morgan fingerprint density at radius 3 is 2.71 bits per heavy atom. The molecule has 1 fully saturated rings. The van der Waals surface area contributed by atoms with Gasteiger partial charge >= 0.3 is 0 Å². The van der Waals surface area contributed by atoms with Crippen LogP contribution in [-0.4, -0.2) is 29.5 Å². The summed E-state index contributed by atoms with van der Waals surface area (Å²) in [6.07, 6.45) is 4.30. The fourth-order valence-corrected chi connectivity index (χ4v) is 3.09. The summed E-state index contributed by atoms with van der Waals surface area (Å²) in [7, 11) is 0. The molecule has 2 aliphatic rings. The summed E-state index contributed by atoms with van der Waals surface area (Å²) in [5, 5.41) is 3.58. The largest absolute Gasteiger partial charge is 0.346 e. The molecule has 2 atom stereocenters. The van der Waals surface area contributed by atoms with Crippen LogP contribution < -0.4 is 5.32 Å². The lowest BCUT2D eigenvalue weighted by atomic mass is 9.88. The molecule has 0 saturated heterocycles. The minimum atomic E-state index is -0.194. The number of nitrogens with zero attached hydrogens (tertiary/aromatic N) is 1. The van der Waals surface area contributed by atoms with E-state index >= 15 is 0 Å². The third kappa shape index (κ3) is 3.16. The van der Waals surface area contributed by atoms with Gasteiger partial charge in [-0.1, -0.05) is 24.4 Å². The third-order valence-electron chi connectivity index (χ3n) is 4.12. The molecule has 1 heterocycles. The van der Waals surface area contributed by atoms with Crippen LogP contribution in [0.3, 0.4) is 0 Å². The van der Waals surface area contributed by atoms with E-state index in [0.717, 1.165) is 25.7 Å². The zero-order valence-electron chi connectivity index (χ0n) is 11.6. The molecular formula is C16H17ClN2O2. The first-order chi connectivity index (χ1) is 10.1. The van der Waals surface area contributed by atoms with Gasteiger partial charge in [-0.2, -0.15) is 0 Å². The first kappa shape index (κ1) is 14.3. The number of hydrogen-bond donors (Lipinski definition) is 1. The number of hydrogen-bond acceptors (Lipinski definition) is 3. The topological polar surface area (TPSA) is 58.5 Å². The van der Waals surface area contributed by atoms with Gasteiger partial charge in [0.25, 0.3) is 5.91 Å². The molecule has 1 saturated carbocycles. The highest BCUT2D eigenvalue weighted by molar-refractivity contribution is 6.43. The number of halogens is 1. The molecule has 21 heavy (non-hydrogen) atoms. The smallest absolute Gasteiger partial charge is 0.265 e. The van der Waals surface area contributed by atoms with Crippen LogP contribution in [0.15, 0.2) is 29.3 Å². The minimum Gasteiger partial charge on any atom is -0.346 e. The van der Waals surface area contributed by atoms with E-state index in [4.69, 9.17) is 11.6 Å². The number of rotatable bonds is 3. The number of Topliss-reactive ketones (excluding diaryl/α,β-unsaturated/α-hetero) is 1. The van der Waals surface area contributed by atoms with Crippen molar-refractivity contribution in [3.05, 3.63) is 34.9 Å². The lowest BCUT2D eigenvalue weighted by molar-refractivity contribution is -0.116. The van der Waals surface area contributed by atoms with Crippen LogP contribution in [0.5, 0.6) is 0 Å². The summed E-state index contributed by atoms with van der Waals surface area (Å²) in [6, 6.07) is 7.00. The SMILES string of the molecule is O=C1N[C@@H]2CCCC[C@@H]2N=C1CC(=O)c1ccc(Cl)cc1. The summed E-state index contributed by atoms with van der Waals surface area (Å²) in [6.45, 7) is 0. The van der Waals surface area contributed by atoms with E-state index in [1.54, 1.807) is 24.3 Å². The lowest BCUT2D eigenvalue weighted by Gasteiger charge is -2.33. The van der Waals surface area contributed by atoms with Crippen LogP contribution in [0.25, 0.3) is 0 Å². The van der Waals surface area contributed by atoms with Crippen LogP contribution in [0, 0.1) is 0 Å². The van der Waals surface area contributed by atoms with Crippen molar-refractivity contribution in [1.29, 1.82) is 0 Å². The summed E-state index contributed by atoms with van der Waals surface area (Å²) < 4.78 is 0. The normalized spacial score (nSPS) is 24.8. The maximum atomic E-state index is 12.2. The summed E-state index contributed by atoms with van der Waals surface area (Å²) in [5.41, 5.74) is 0.916. The molecule has 1 amide bonds. The standard InChI is InChI=1S/C16H17ClN2O2/c17-11-7-5-10(6-8-11)15(20)9-14-16(21)19-13-4-2-1-3-12(13)18-14/h5-8,12-13H,1-4,9H2,(H,19,21)/t12-,13+/m0/s1. The van der Waals surface area contributed by atoms with E-state index < -0.39 is 0 Å². The van der Waals surface area contributed by atoms with Crippen molar-refractivity contribution in [2.24, 2.45) is 4.99 Å². The molecule has 3 rings (SSSR count). The maximum Gasteiger partial charge on any atom is 0.265 e. The van der Waals surface area contributed by atoms with Gasteiger partial charge in [0.2, 0.25) is 0 Å². The van der Waals surface area contributed by atoms with E-state index in [0.29, 0.717) is 16.3 Å². The number of carbonyl (C=O) groups excluding carboxylic acids is 2. The molecule has 1 N–H and O–H groups in total. The van der Waals surface area contributed by atoms with Gasteiger partial charge in [-0.3, -0.25) is 14.6 Å². The van der Waals surface area contributed by atoms with Crippen LogP contribution in [-0.2, 0) is 4.79 Å². The minimum absolute atomic E-state index is 0.0523. The Morgan fingerprint density at radius 2 is 1.95 bits per heavy atom. The first-order valence-corrected chi connectivity index (χ1v) is 7.67. The van der Waals surface area contributed by atoms with Crippen molar-refractivity contribution >= 4 is 29.0 Å². The van der Waals surface area contributed by atoms with Crippen LogP contribution in [0.2, 0.25) is 5.02 Å². The number of ketones is 1. The fourth-order valence-electron chi connectivity index (χ4n) is 2.96. The van der Waals surface area contributed by atoms with E-state index in [1.807, 2.05) is 0 Å². The Morgan fingerprint density at radius 1 is 1.24 bits per heavy atom. The molecule has 4 nitrogen and oxygen atoms in total. The van der Waals surface area contributed by atoms with Crippen molar-refractivity contribution in [2.75, 3.05) is 0 Å². The van der Waals surface area contributed by atoms with Gasteiger partial charge in [-0.25, -0.2) is 0 Å². The van der Waals surface area contributed by atoms with Gasteiger partial charge in [0.1, 0.15) is 5.71 Å². The highest BCUT2D eigenvalue weighted by Crippen LogP contribution is 2.24. The van der Waals surface area contributed by atoms with Gasteiger partial charge in [0, 0.05) is 10.6 Å². The average molecular weight is 305 g/mol. The molecule has 1 aromatic carbocycles. The number of aliphatic imine (C=N–C) groups is 1. The first-order valence-electron chi connectivity index (χ1n) is 7.30. The Hall–Kier alpha value is -1.68. The van der Waals surface area contributed by atoms with Crippen molar-refractivity contribution in [3.8, 4) is 0 Å². The molecule has 5 heteroatoms. The van der Waals surface area contributed by atoms with Crippen molar-refractivity contribution < 1.29 is 9.59 Å². The van der Waals surface area contributed by atoms with Crippen LogP contribution >= 0.6 is 11.6 Å². The monoisotopic (exact) mass is 304 g/mol. The average Bonchev–Trinajstić information content (AvgIpc) is 2.48. The van der Waals surface area contributed by atoms with Gasteiger partial charge in [0.15, 0.2) is 5.78 Å². The van der Waals surface area contributed by atoms with Gasteiger partial charge in [-0.15, -0.1) is 0 Å². The third-order valence-corrected chi connectivity index (χ3v) is 4.38. The molecule has 0 radical (unpaired) electrons. The predicted molar refractivity (Wildman–Crippen MR) is 82.0 cm³/mol. The Bertz CT molecular complexity index is 595. The second kappa shape index (κ2) is 5.98. The van der Waals surface area contributed by atoms with Gasteiger partial charge in [-0.05, 0) is 37.1 Å². The molecule has 0 aromatic heterocycles. The zero-order chi connectivity index (χ0) is 14.8. The summed E-state index contributed by atoms with van der Waals surface area (Å²) in [5.74, 6) is -0.296. The highest BCUT2D eigenvalue weighted by Gasteiger charge is 2.33. The number of carbonyl (C=O) groups is 2. The summed E-state index contributed by atoms with van der Waals surface area (Å²) >= 11 is 5.81. The molecule has 1 aliphatic carbocycles. The van der Waals surface area contributed by atoms with E-state index in [-0.39, 0.29) is 30.2 Å². The molecule has 0 unspecified atom stereocenters. The van der Waals surface area contributed by atoms with Crippen LogP contribution in [0.4, 0.5) is 0 Å².